The van der Waals surface area contributed by atoms with Crippen LogP contribution in [0, 0.1) is 5.92 Å². The summed E-state index contributed by atoms with van der Waals surface area (Å²) in [7, 11) is 0. The SMILES string of the molecule is C[C@@H]1CCCC[C@@H]1Nc1c(C(N)=O)cnc2c1CC(=O)N2. The number of nitrogens with zero attached hydrogens (tertiary/aromatic N) is 1. The number of fused-ring (bicyclic) bond motifs is 1. The van der Waals surface area contributed by atoms with Gasteiger partial charge in [-0.1, -0.05) is 19.8 Å². The summed E-state index contributed by atoms with van der Waals surface area (Å²) in [6.07, 6.45) is 6.36. The van der Waals surface area contributed by atoms with Gasteiger partial charge >= 0.3 is 0 Å². The summed E-state index contributed by atoms with van der Waals surface area (Å²) in [5.74, 6) is 0.457. The van der Waals surface area contributed by atoms with Crippen LogP contribution in [0.15, 0.2) is 6.20 Å². The Hall–Kier alpha value is -2.11. The number of rotatable bonds is 3. The molecule has 1 fully saturated rings. The lowest BCUT2D eigenvalue weighted by molar-refractivity contribution is -0.115. The second-order valence-corrected chi connectivity index (χ2v) is 5.98. The van der Waals surface area contributed by atoms with Crippen LogP contribution in [-0.2, 0) is 11.2 Å². The number of amides is 2. The number of primary amides is 1. The maximum atomic E-state index is 11.7. The van der Waals surface area contributed by atoms with Gasteiger partial charge in [0.2, 0.25) is 5.91 Å². The van der Waals surface area contributed by atoms with Crippen LogP contribution in [0.5, 0.6) is 0 Å². The van der Waals surface area contributed by atoms with Crippen LogP contribution in [0.3, 0.4) is 0 Å². The summed E-state index contributed by atoms with van der Waals surface area (Å²) in [5, 5.41) is 6.18. The molecule has 6 heteroatoms. The normalized spacial score (nSPS) is 24.3. The first-order valence-electron chi connectivity index (χ1n) is 7.44. The number of carbonyl (C=O) groups excluding carboxylic acids is 2. The van der Waals surface area contributed by atoms with Crippen molar-refractivity contribution in [3.8, 4) is 0 Å². The monoisotopic (exact) mass is 288 g/mol. The van der Waals surface area contributed by atoms with E-state index in [1.165, 1.54) is 25.5 Å². The van der Waals surface area contributed by atoms with Gasteiger partial charge in [0.15, 0.2) is 0 Å². The minimum Gasteiger partial charge on any atom is -0.381 e. The van der Waals surface area contributed by atoms with E-state index in [4.69, 9.17) is 5.73 Å². The van der Waals surface area contributed by atoms with Gasteiger partial charge in [0.1, 0.15) is 5.82 Å². The van der Waals surface area contributed by atoms with Crippen molar-refractivity contribution in [1.82, 2.24) is 4.98 Å². The van der Waals surface area contributed by atoms with E-state index in [1.54, 1.807) is 0 Å². The first kappa shape index (κ1) is 13.9. The maximum absolute atomic E-state index is 11.7. The Morgan fingerprint density at radius 2 is 2.19 bits per heavy atom. The Morgan fingerprint density at radius 1 is 1.43 bits per heavy atom. The summed E-state index contributed by atoms with van der Waals surface area (Å²) < 4.78 is 0. The van der Waals surface area contributed by atoms with Gasteiger partial charge in [-0.3, -0.25) is 9.59 Å². The molecule has 112 valence electrons. The molecule has 0 unspecified atom stereocenters. The number of nitrogens with one attached hydrogen (secondary N) is 2. The molecular weight excluding hydrogens is 268 g/mol. The van der Waals surface area contributed by atoms with Gasteiger partial charge in [-0.25, -0.2) is 4.98 Å². The minimum absolute atomic E-state index is 0.0983. The molecule has 0 saturated heterocycles. The maximum Gasteiger partial charge on any atom is 0.252 e. The van der Waals surface area contributed by atoms with Crippen molar-refractivity contribution >= 4 is 23.3 Å². The molecule has 1 saturated carbocycles. The van der Waals surface area contributed by atoms with Gasteiger partial charge in [-0.2, -0.15) is 0 Å². The van der Waals surface area contributed by atoms with Crippen LogP contribution >= 0.6 is 0 Å². The standard InChI is InChI=1S/C15H20N4O2/c1-8-4-2-3-5-11(8)18-13-9-6-12(20)19-15(9)17-7-10(13)14(16)21/h7-8,11H,2-6H2,1H3,(H2,16,21)(H2,17,18,19,20)/t8-,11+/m1/s1. The summed E-state index contributed by atoms with van der Waals surface area (Å²) in [5.41, 5.74) is 7.27. The summed E-state index contributed by atoms with van der Waals surface area (Å²) >= 11 is 0. The molecule has 3 rings (SSSR count). The van der Waals surface area contributed by atoms with E-state index < -0.39 is 5.91 Å². The highest BCUT2D eigenvalue weighted by Gasteiger charge is 2.29. The predicted octanol–water partition coefficient (Wildman–Crippen LogP) is 1.67. The predicted molar refractivity (Wildman–Crippen MR) is 80.1 cm³/mol. The summed E-state index contributed by atoms with van der Waals surface area (Å²) in [6.45, 7) is 2.21. The molecule has 1 aliphatic heterocycles. The molecule has 0 spiro atoms. The molecule has 2 atom stereocenters. The molecule has 2 amide bonds. The first-order valence-corrected chi connectivity index (χ1v) is 7.44. The lowest BCUT2D eigenvalue weighted by Crippen LogP contribution is -2.32. The molecule has 6 nitrogen and oxygen atoms in total. The van der Waals surface area contributed by atoms with Crippen LogP contribution in [0.2, 0.25) is 0 Å². The van der Waals surface area contributed by atoms with Crippen molar-refractivity contribution in [1.29, 1.82) is 0 Å². The van der Waals surface area contributed by atoms with E-state index in [2.05, 4.69) is 22.5 Å². The Balaban J connectivity index is 1.97. The number of nitrogens with two attached hydrogens (primary N) is 1. The minimum atomic E-state index is -0.518. The molecule has 21 heavy (non-hydrogen) atoms. The van der Waals surface area contributed by atoms with Gasteiger partial charge in [0.05, 0.1) is 17.7 Å². The van der Waals surface area contributed by atoms with E-state index in [0.29, 0.717) is 29.0 Å². The van der Waals surface area contributed by atoms with Crippen molar-refractivity contribution in [2.45, 2.75) is 45.1 Å². The van der Waals surface area contributed by atoms with E-state index in [9.17, 15) is 9.59 Å². The quantitative estimate of drug-likeness (QED) is 0.788. The molecule has 4 N–H and O–H groups in total. The van der Waals surface area contributed by atoms with Crippen LogP contribution in [0.25, 0.3) is 0 Å². The molecule has 1 aromatic heterocycles. The fourth-order valence-corrected chi connectivity index (χ4v) is 3.24. The van der Waals surface area contributed by atoms with Gasteiger partial charge in [0, 0.05) is 17.8 Å². The Kier molecular flexibility index (Phi) is 3.53. The van der Waals surface area contributed by atoms with Gasteiger partial charge in [-0.05, 0) is 18.8 Å². The van der Waals surface area contributed by atoms with Crippen LogP contribution in [-0.4, -0.2) is 22.8 Å². The van der Waals surface area contributed by atoms with E-state index in [-0.39, 0.29) is 12.3 Å². The molecule has 1 aromatic rings. The largest absolute Gasteiger partial charge is 0.381 e. The highest BCUT2D eigenvalue weighted by Crippen LogP contribution is 2.34. The van der Waals surface area contributed by atoms with Gasteiger partial charge in [0.25, 0.3) is 5.91 Å². The zero-order chi connectivity index (χ0) is 15.0. The van der Waals surface area contributed by atoms with Crippen molar-refractivity contribution < 1.29 is 9.59 Å². The van der Waals surface area contributed by atoms with Crippen LogP contribution in [0.4, 0.5) is 11.5 Å². The smallest absolute Gasteiger partial charge is 0.252 e. The fraction of sp³-hybridized carbons (Fsp3) is 0.533. The van der Waals surface area contributed by atoms with Gasteiger partial charge in [-0.15, -0.1) is 0 Å². The van der Waals surface area contributed by atoms with Crippen molar-refractivity contribution in [2.24, 2.45) is 11.7 Å². The fourth-order valence-electron chi connectivity index (χ4n) is 3.24. The Labute approximate surface area is 123 Å². The number of aromatic nitrogens is 1. The third-order valence-corrected chi connectivity index (χ3v) is 4.48. The number of pyridine rings is 1. The highest BCUT2D eigenvalue weighted by atomic mass is 16.2. The first-order chi connectivity index (χ1) is 10.1. The van der Waals surface area contributed by atoms with Crippen molar-refractivity contribution in [3.05, 3.63) is 17.3 Å². The molecule has 0 aromatic carbocycles. The average molecular weight is 288 g/mol. The van der Waals surface area contributed by atoms with Gasteiger partial charge < -0.3 is 16.4 Å². The van der Waals surface area contributed by atoms with E-state index in [1.807, 2.05) is 0 Å². The number of hydrogen-bond acceptors (Lipinski definition) is 4. The Bertz CT molecular complexity index is 600. The van der Waals surface area contributed by atoms with E-state index >= 15 is 0 Å². The van der Waals surface area contributed by atoms with Crippen molar-refractivity contribution in [3.63, 3.8) is 0 Å². The second-order valence-electron chi connectivity index (χ2n) is 5.98. The lowest BCUT2D eigenvalue weighted by atomic mass is 9.85. The molecule has 2 heterocycles. The Morgan fingerprint density at radius 3 is 2.90 bits per heavy atom. The third kappa shape index (κ3) is 2.57. The lowest BCUT2D eigenvalue weighted by Gasteiger charge is -2.31. The number of hydrogen-bond donors (Lipinski definition) is 3. The zero-order valence-electron chi connectivity index (χ0n) is 12.1. The molecule has 0 radical (unpaired) electrons. The number of carbonyl (C=O) groups is 2. The average Bonchev–Trinajstić information content (AvgIpc) is 2.82. The molecule has 0 bridgehead atoms. The molecule has 2 aliphatic rings. The highest BCUT2D eigenvalue weighted by molar-refractivity contribution is 6.05. The molecule has 1 aliphatic carbocycles. The zero-order valence-corrected chi connectivity index (χ0v) is 12.1. The van der Waals surface area contributed by atoms with E-state index in [0.717, 1.165) is 12.0 Å². The number of anilines is 2. The summed E-state index contributed by atoms with van der Waals surface area (Å²) in [4.78, 5) is 27.4. The third-order valence-electron chi connectivity index (χ3n) is 4.48. The molecular formula is C15H20N4O2. The topological polar surface area (TPSA) is 97.1 Å². The summed E-state index contributed by atoms with van der Waals surface area (Å²) in [6, 6.07) is 0.305. The van der Waals surface area contributed by atoms with Crippen LogP contribution in [0.1, 0.15) is 48.5 Å². The van der Waals surface area contributed by atoms with Crippen LogP contribution < -0.4 is 16.4 Å². The van der Waals surface area contributed by atoms with Crippen molar-refractivity contribution in [2.75, 3.05) is 10.6 Å². The second kappa shape index (κ2) is 5.35.